The highest BCUT2D eigenvalue weighted by molar-refractivity contribution is 5.85. The maximum absolute atomic E-state index is 12.1. The lowest BCUT2D eigenvalue weighted by molar-refractivity contribution is -0.122. The second-order valence-corrected chi connectivity index (χ2v) is 7.81. The van der Waals surface area contributed by atoms with Crippen molar-refractivity contribution in [2.45, 2.75) is 57.0 Å². The fourth-order valence-electron chi connectivity index (χ4n) is 4.36. The molecule has 3 rings (SSSR count). The summed E-state index contributed by atoms with van der Waals surface area (Å²) in [6.07, 6.45) is 7.87. The lowest BCUT2D eigenvalue weighted by Crippen LogP contribution is -2.50. The molecule has 1 atom stereocenters. The maximum Gasteiger partial charge on any atom is 0.220 e. The summed E-state index contributed by atoms with van der Waals surface area (Å²) in [5.41, 5.74) is 0. The van der Waals surface area contributed by atoms with E-state index in [1.54, 1.807) is 0 Å². The molecule has 3 fully saturated rings. The second-order valence-electron chi connectivity index (χ2n) is 7.81. The van der Waals surface area contributed by atoms with Gasteiger partial charge in [0, 0.05) is 31.6 Å². The predicted octanol–water partition coefficient (Wildman–Crippen LogP) is 1.89. The monoisotopic (exact) mass is 394 g/mol. The van der Waals surface area contributed by atoms with Crippen LogP contribution in [0, 0.1) is 5.92 Å². The first-order chi connectivity index (χ1) is 11.2. The first-order valence-corrected chi connectivity index (χ1v) is 9.63. The number of carbonyl (C=O) groups is 1. The van der Waals surface area contributed by atoms with Crippen LogP contribution in [-0.4, -0.2) is 74.1 Å². The Morgan fingerprint density at radius 1 is 1.04 bits per heavy atom. The molecule has 0 aromatic rings. The highest BCUT2D eigenvalue weighted by Crippen LogP contribution is 2.21. The summed E-state index contributed by atoms with van der Waals surface area (Å²) >= 11 is 0. The average molecular weight is 395 g/mol. The molecule has 0 aromatic heterocycles. The molecule has 0 radical (unpaired) electrons. The molecule has 0 aromatic carbocycles. The number of halogens is 2. The van der Waals surface area contributed by atoms with Crippen LogP contribution in [0.2, 0.25) is 0 Å². The molecule has 7 heteroatoms. The molecular formula is C18H36Cl2N4O. The Morgan fingerprint density at radius 2 is 1.72 bits per heavy atom. The quantitative estimate of drug-likeness (QED) is 0.747. The number of hydrogen-bond donors (Lipinski definition) is 2. The fourth-order valence-corrected chi connectivity index (χ4v) is 4.36. The summed E-state index contributed by atoms with van der Waals surface area (Å²) in [6.45, 7) is 7.01. The SMILES string of the molecule is CN1CCC(N2CCC(NC(=O)CCC3CCNC3)CC2)CC1.Cl.Cl. The zero-order valence-corrected chi connectivity index (χ0v) is 17.2. The lowest BCUT2D eigenvalue weighted by Gasteiger charge is -2.41. The third-order valence-electron chi connectivity index (χ3n) is 6.04. The first-order valence-electron chi connectivity index (χ1n) is 9.63. The van der Waals surface area contributed by atoms with Gasteiger partial charge in [0.1, 0.15) is 0 Å². The molecule has 0 spiro atoms. The minimum absolute atomic E-state index is 0. The van der Waals surface area contributed by atoms with Crippen molar-refractivity contribution in [3.05, 3.63) is 0 Å². The Balaban J connectivity index is 0.00000156. The summed E-state index contributed by atoms with van der Waals surface area (Å²) in [7, 11) is 2.22. The van der Waals surface area contributed by atoms with Gasteiger partial charge in [0.25, 0.3) is 0 Å². The van der Waals surface area contributed by atoms with E-state index in [2.05, 4.69) is 27.5 Å². The molecule has 1 unspecified atom stereocenters. The standard InChI is InChI=1S/C18H34N4O.2ClH/c1-21-10-7-17(8-11-21)22-12-5-16(6-13-22)20-18(23)3-2-15-4-9-19-14-15;;/h15-17,19H,2-14H2,1H3,(H,20,23);2*1H. The highest BCUT2D eigenvalue weighted by Gasteiger charge is 2.28. The fraction of sp³-hybridized carbons (Fsp3) is 0.944. The lowest BCUT2D eigenvalue weighted by atomic mass is 9.97. The van der Waals surface area contributed by atoms with E-state index in [1.165, 1.54) is 32.4 Å². The number of amides is 1. The summed E-state index contributed by atoms with van der Waals surface area (Å²) in [6, 6.07) is 1.18. The number of rotatable bonds is 5. The molecule has 2 N–H and O–H groups in total. The number of carbonyl (C=O) groups excluding carboxylic acids is 1. The minimum Gasteiger partial charge on any atom is -0.353 e. The molecule has 3 saturated heterocycles. The van der Waals surface area contributed by atoms with Crippen molar-refractivity contribution in [2.24, 2.45) is 5.92 Å². The van der Waals surface area contributed by atoms with Gasteiger partial charge in [-0.2, -0.15) is 0 Å². The van der Waals surface area contributed by atoms with Crippen LogP contribution in [0.4, 0.5) is 0 Å². The van der Waals surface area contributed by atoms with Crippen molar-refractivity contribution in [3.8, 4) is 0 Å². The molecule has 148 valence electrons. The molecule has 3 heterocycles. The summed E-state index contributed by atoms with van der Waals surface area (Å²) in [4.78, 5) is 17.2. The Labute approximate surface area is 165 Å². The topological polar surface area (TPSA) is 47.6 Å². The molecule has 0 aliphatic carbocycles. The smallest absolute Gasteiger partial charge is 0.220 e. The van der Waals surface area contributed by atoms with Crippen molar-refractivity contribution in [3.63, 3.8) is 0 Å². The molecule has 1 amide bonds. The van der Waals surface area contributed by atoms with E-state index in [1.807, 2.05) is 0 Å². The van der Waals surface area contributed by atoms with Crippen molar-refractivity contribution in [1.82, 2.24) is 20.4 Å². The van der Waals surface area contributed by atoms with Gasteiger partial charge >= 0.3 is 0 Å². The molecular weight excluding hydrogens is 359 g/mol. The molecule has 5 nitrogen and oxygen atoms in total. The van der Waals surface area contributed by atoms with Gasteiger partial charge in [-0.25, -0.2) is 0 Å². The van der Waals surface area contributed by atoms with Crippen LogP contribution in [0.15, 0.2) is 0 Å². The first kappa shape index (κ1) is 23.0. The summed E-state index contributed by atoms with van der Waals surface area (Å²) in [5, 5.41) is 6.66. The van der Waals surface area contributed by atoms with E-state index < -0.39 is 0 Å². The average Bonchev–Trinajstić information content (AvgIpc) is 3.08. The zero-order valence-electron chi connectivity index (χ0n) is 15.5. The van der Waals surface area contributed by atoms with Gasteiger partial charge in [0.15, 0.2) is 0 Å². The third-order valence-corrected chi connectivity index (χ3v) is 6.04. The van der Waals surface area contributed by atoms with Crippen LogP contribution in [-0.2, 0) is 4.79 Å². The van der Waals surface area contributed by atoms with E-state index in [4.69, 9.17) is 0 Å². The van der Waals surface area contributed by atoms with Gasteiger partial charge in [-0.15, -0.1) is 24.8 Å². The number of hydrogen-bond acceptors (Lipinski definition) is 4. The third kappa shape index (κ3) is 7.22. The van der Waals surface area contributed by atoms with Crippen molar-refractivity contribution in [2.75, 3.05) is 46.3 Å². The Kier molecular flexibility index (Phi) is 10.7. The highest BCUT2D eigenvalue weighted by atomic mass is 35.5. The normalized spacial score (nSPS) is 26.7. The van der Waals surface area contributed by atoms with Crippen LogP contribution >= 0.6 is 24.8 Å². The number of nitrogens with zero attached hydrogens (tertiary/aromatic N) is 2. The van der Waals surface area contributed by atoms with E-state index in [-0.39, 0.29) is 30.7 Å². The molecule has 0 saturated carbocycles. The van der Waals surface area contributed by atoms with Crippen molar-refractivity contribution in [1.29, 1.82) is 0 Å². The van der Waals surface area contributed by atoms with Crippen LogP contribution in [0.3, 0.4) is 0 Å². The number of likely N-dealkylation sites (tertiary alicyclic amines) is 2. The van der Waals surface area contributed by atoms with Gasteiger partial charge in [0.2, 0.25) is 5.91 Å². The van der Waals surface area contributed by atoms with Crippen LogP contribution in [0.5, 0.6) is 0 Å². The van der Waals surface area contributed by atoms with Gasteiger partial charge in [-0.1, -0.05) is 0 Å². The van der Waals surface area contributed by atoms with Crippen molar-refractivity contribution < 1.29 is 4.79 Å². The van der Waals surface area contributed by atoms with Crippen LogP contribution < -0.4 is 10.6 Å². The molecule has 25 heavy (non-hydrogen) atoms. The summed E-state index contributed by atoms with van der Waals surface area (Å²) in [5.74, 6) is 0.988. The van der Waals surface area contributed by atoms with Crippen molar-refractivity contribution >= 4 is 30.7 Å². The van der Waals surface area contributed by atoms with E-state index in [9.17, 15) is 4.79 Å². The van der Waals surface area contributed by atoms with Gasteiger partial charge in [0.05, 0.1) is 0 Å². The Bertz CT molecular complexity index is 377. The molecule has 3 aliphatic rings. The zero-order chi connectivity index (χ0) is 16.1. The maximum atomic E-state index is 12.1. The van der Waals surface area contributed by atoms with Gasteiger partial charge in [-0.05, 0) is 77.7 Å². The van der Waals surface area contributed by atoms with E-state index >= 15 is 0 Å². The number of nitrogens with one attached hydrogen (secondary N) is 2. The minimum atomic E-state index is 0. The second kappa shape index (κ2) is 11.6. The molecule has 0 bridgehead atoms. The van der Waals surface area contributed by atoms with E-state index in [0.717, 1.165) is 51.5 Å². The molecule has 3 aliphatic heterocycles. The van der Waals surface area contributed by atoms with Crippen LogP contribution in [0.1, 0.15) is 44.9 Å². The Morgan fingerprint density at radius 3 is 2.32 bits per heavy atom. The predicted molar refractivity (Wildman–Crippen MR) is 108 cm³/mol. The van der Waals surface area contributed by atoms with Gasteiger partial charge in [-0.3, -0.25) is 4.79 Å². The largest absolute Gasteiger partial charge is 0.353 e. The summed E-state index contributed by atoms with van der Waals surface area (Å²) < 4.78 is 0. The van der Waals surface area contributed by atoms with Gasteiger partial charge < -0.3 is 20.4 Å². The number of piperidine rings is 2. The Hall–Kier alpha value is -0.0700. The van der Waals surface area contributed by atoms with Crippen LogP contribution in [0.25, 0.3) is 0 Å². The van der Waals surface area contributed by atoms with E-state index in [0.29, 0.717) is 18.4 Å².